The van der Waals surface area contributed by atoms with E-state index in [1.54, 1.807) is 26.0 Å². The zero-order chi connectivity index (χ0) is 24.2. The van der Waals surface area contributed by atoms with Gasteiger partial charge in [-0.2, -0.15) is 0 Å². The molecule has 0 heterocycles. The van der Waals surface area contributed by atoms with Gasteiger partial charge in [-0.1, -0.05) is 26.0 Å². The Morgan fingerprint density at radius 3 is 2.24 bits per heavy atom. The van der Waals surface area contributed by atoms with Crippen molar-refractivity contribution in [3.63, 3.8) is 0 Å². The predicted molar refractivity (Wildman–Crippen MR) is 129 cm³/mol. The van der Waals surface area contributed by atoms with Crippen molar-refractivity contribution < 1.29 is 23.8 Å². The minimum Gasteiger partial charge on any atom is -0.497 e. The van der Waals surface area contributed by atoms with Gasteiger partial charge in [0.25, 0.3) is 0 Å². The van der Waals surface area contributed by atoms with E-state index >= 15 is 0 Å². The highest BCUT2D eigenvalue weighted by Gasteiger charge is 2.26. The molecular formula is C26H36N2O5. The lowest BCUT2D eigenvalue weighted by atomic mass is 10.1. The monoisotopic (exact) mass is 456 g/mol. The molecule has 0 aliphatic carbocycles. The van der Waals surface area contributed by atoms with E-state index in [-0.39, 0.29) is 18.2 Å². The van der Waals surface area contributed by atoms with E-state index in [0.717, 1.165) is 17.1 Å². The van der Waals surface area contributed by atoms with Crippen LogP contribution in [0.3, 0.4) is 0 Å². The zero-order valence-electron chi connectivity index (χ0n) is 20.3. The number of benzene rings is 2. The number of rotatable bonds is 13. The number of hydrogen-bond donors (Lipinski definition) is 1. The summed E-state index contributed by atoms with van der Waals surface area (Å²) in [5.74, 6) is 2.27. The van der Waals surface area contributed by atoms with Crippen LogP contribution >= 0.6 is 0 Å². The van der Waals surface area contributed by atoms with Crippen molar-refractivity contribution >= 4 is 11.8 Å². The summed E-state index contributed by atoms with van der Waals surface area (Å²) in [6.45, 7) is 7.13. The number of carbonyl (C=O) groups is 2. The second kappa shape index (κ2) is 13.4. The van der Waals surface area contributed by atoms with Gasteiger partial charge in [0, 0.05) is 19.5 Å². The molecule has 0 aliphatic heterocycles. The maximum absolute atomic E-state index is 13.1. The maximum Gasteiger partial charge on any atom is 0.242 e. The number of nitrogens with one attached hydrogen (secondary N) is 1. The molecule has 0 aromatic heterocycles. The largest absolute Gasteiger partial charge is 0.497 e. The Morgan fingerprint density at radius 2 is 1.61 bits per heavy atom. The fourth-order valence-electron chi connectivity index (χ4n) is 3.23. The molecule has 0 bridgehead atoms. The molecule has 33 heavy (non-hydrogen) atoms. The number of methoxy groups -OCH3 is 2. The second-order valence-electron chi connectivity index (χ2n) is 8.32. The van der Waals surface area contributed by atoms with Crippen LogP contribution in [0.25, 0.3) is 0 Å². The number of carbonyl (C=O) groups excluding carboxylic acids is 2. The molecule has 2 rings (SSSR count). The average molecular weight is 457 g/mol. The maximum atomic E-state index is 13.1. The smallest absolute Gasteiger partial charge is 0.242 e. The van der Waals surface area contributed by atoms with Crippen LogP contribution in [0.15, 0.2) is 48.5 Å². The number of hydrogen-bond acceptors (Lipinski definition) is 5. The van der Waals surface area contributed by atoms with Crippen molar-refractivity contribution in [3.8, 4) is 17.2 Å². The van der Waals surface area contributed by atoms with E-state index in [0.29, 0.717) is 37.8 Å². The molecule has 2 aromatic carbocycles. The highest BCUT2D eigenvalue weighted by atomic mass is 16.5. The third-order valence-electron chi connectivity index (χ3n) is 5.20. The fraction of sp³-hybridized carbons (Fsp3) is 0.462. The first-order valence-electron chi connectivity index (χ1n) is 11.3. The summed E-state index contributed by atoms with van der Waals surface area (Å²) in [5, 5.41) is 2.93. The third-order valence-corrected chi connectivity index (χ3v) is 5.20. The predicted octanol–water partition coefficient (Wildman–Crippen LogP) is 4.05. The molecule has 0 radical (unpaired) electrons. The highest BCUT2D eigenvalue weighted by Crippen LogP contribution is 2.19. The Kier molecular flexibility index (Phi) is 10.5. The summed E-state index contributed by atoms with van der Waals surface area (Å²) >= 11 is 0. The first kappa shape index (κ1) is 26.0. The Morgan fingerprint density at radius 1 is 0.939 bits per heavy atom. The van der Waals surface area contributed by atoms with E-state index in [2.05, 4.69) is 5.32 Å². The zero-order valence-corrected chi connectivity index (χ0v) is 20.3. The summed E-state index contributed by atoms with van der Waals surface area (Å²) < 4.78 is 16.2. The lowest BCUT2D eigenvalue weighted by Crippen LogP contribution is -2.48. The van der Waals surface area contributed by atoms with Crippen LogP contribution in [-0.4, -0.2) is 50.1 Å². The quantitative estimate of drug-likeness (QED) is 0.460. The Labute approximate surface area is 197 Å². The molecule has 0 spiro atoms. The standard InChI is InChI=1S/C26H36N2O5/c1-19(2)17-27-26(30)20(3)28(18-21-8-6-9-24(16-21)32-5)25(29)10-7-15-33-23-13-11-22(31-4)12-14-23/h6,8-9,11-14,16,19-20H,7,10,15,17-18H2,1-5H3,(H,27,30)/t20-/m0/s1. The number of ether oxygens (including phenoxy) is 3. The molecule has 2 amide bonds. The van der Waals surface area contributed by atoms with Gasteiger partial charge in [-0.3, -0.25) is 9.59 Å². The van der Waals surface area contributed by atoms with E-state index in [1.165, 1.54) is 0 Å². The van der Waals surface area contributed by atoms with Gasteiger partial charge >= 0.3 is 0 Å². The minimum absolute atomic E-state index is 0.0941. The van der Waals surface area contributed by atoms with Gasteiger partial charge in [-0.25, -0.2) is 0 Å². The van der Waals surface area contributed by atoms with Crippen LogP contribution in [0.4, 0.5) is 0 Å². The molecule has 0 saturated heterocycles. The Bertz CT molecular complexity index is 883. The van der Waals surface area contributed by atoms with Gasteiger partial charge in [0.05, 0.1) is 20.8 Å². The Hall–Kier alpha value is -3.22. The van der Waals surface area contributed by atoms with Crippen molar-refractivity contribution in [2.24, 2.45) is 5.92 Å². The van der Waals surface area contributed by atoms with E-state index in [1.807, 2.05) is 62.4 Å². The topological polar surface area (TPSA) is 77.1 Å². The van der Waals surface area contributed by atoms with Crippen LogP contribution in [0.2, 0.25) is 0 Å². The van der Waals surface area contributed by atoms with Crippen molar-refractivity contribution in [3.05, 3.63) is 54.1 Å². The van der Waals surface area contributed by atoms with Crippen LogP contribution in [0, 0.1) is 5.92 Å². The summed E-state index contributed by atoms with van der Waals surface area (Å²) in [6, 6.07) is 14.3. The van der Waals surface area contributed by atoms with Crippen molar-refractivity contribution in [1.82, 2.24) is 10.2 Å². The van der Waals surface area contributed by atoms with Crippen molar-refractivity contribution in [1.29, 1.82) is 0 Å². The van der Waals surface area contributed by atoms with E-state index < -0.39 is 6.04 Å². The van der Waals surface area contributed by atoms with Crippen LogP contribution in [0.1, 0.15) is 39.2 Å². The number of nitrogens with zero attached hydrogens (tertiary/aromatic N) is 1. The van der Waals surface area contributed by atoms with Gasteiger partial charge in [-0.05, 0) is 61.2 Å². The van der Waals surface area contributed by atoms with Crippen molar-refractivity contribution in [2.75, 3.05) is 27.4 Å². The van der Waals surface area contributed by atoms with E-state index in [9.17, 15) is 9.59 Å². The Balaban J connectivity index is 2.00. The minimum atomic E-state index is -0.593. The highest BCUT2D eigenvalue weighted by molar-refractivity contribution is 5.87. The van der Waals surface area contributed by atoms with Gasteiger partial charge in [0.2, 0.25) is 11.8 Å². The first-order valence-corrected chi connectivity index (χ1v) is 11.3. The van der Waals surface area contributed by atoms with Crippen molar-refractivity contribution in [2.45, 2.75) is 46.2 Å². The van der Waals surface area contributed by atoms with Crippen LogP contribution < -0.4 is 19.5 Å². The molecule has 0 unspecified atom stereocenters. The van der Waals surface area contributed by atoms with Gasteiger partial charge in [-0.15, -0.1) is 0 Å². The van der Waals surface area contributed by atoms with Gasteiger partial charge in [0.1, 0.15) is 23.3 Å². The molecule has 7 heteroatoms. The molecular weight excluding hydrogens is 420 g/mol. The summed E-state index contributed by atoms with van der Waals surface area (Å²) in [7, 11) is 3.22. The van der Waals surface area contributed by atoms with Gasteiger partial charge in [0.15, 0.2) is 0 Å². The second-order valence-corrected chi connectivity index (χ2v) is 8.32. The molecule has 0 aliphatic rings. The molecule has 7 nitrogen and oxygen atoms in total. The lowest BCUT2D eigenvalue weighted by molar-refractivity contribution is -0.140. The molecule has 0 saturated carbocycles. The van der Waals surface area contributed by atoms with E-state index in [4.69, 9.17) is 14.2 Å². The molecule has 180 valence electrons. The average Bonchev–Trinajstić information content (AvgIpc) is 2.83. The number of amides is 2. The third kappa shape index (κ3) is 8.67. The molecule has 2 aromatic rings. The molecule has 0 fully saturated rings. The summed E-state index contributed by atoms with van der Waals surface area (Å²) in [5.41, 5.74) is 0.903. The normalized spacial score (nSPS) is 11.6. The van der Waals surface area contributed by atoms with Gasteiger partial charge < -0.3 is 24.4 Å². The molecule has 1 N–H and O–H groups in total. The van der Waals surface area contributed by atoms with Crippen LogP contribution in [0.5, 0.6) is 17.2 Å². The van der Waals surface area contributed by atoms with Crippen LogP contribution in [-0.2, 0) is 16.1 Å². The fourth-order valence-corrected chi connectivity index (χ4v) is 3.23. The first-order chi connectivity index (χ1) is 15.8. The SMILES string of the molecule is COc1ccc(OCCCC(=O)N(Cc2cccc(OC)c2)[C@@H](C)C(=O)NCC(C)C)cc1. The summed E-state index contributed by atoms with van der Waals surface area (Å²) in [4.78, 5) is 27.5. The summed E-state index contributed by atoms with van der Waals surface area (Å²) in [6.07, 6.45) is 0.821. The molecule has 1 atom stereocenters. The lowest BCUT2D eigenvalue weighted by Gasteiger charge is -2.29.